The highest BCUT2D eigenvalue weighted by atomic mass is 19.3. The zero-order chi connectivity index (χ0) is 20.4. The number of carbonyl (C=O) groups excluding carboxylic acids is 1. The summed E-state index contributed by atoms with van der Waals surface area (Å²) in [4.78, 5) is 19.1. The van der Waals surface area contributed by atoms with Crippen LogP contribution in [-0.4, -0.2) is 35.2 Å². The molecular weight excluding hydrogens is 380 g/mol. The summed E-state index contributed by atoms with van der Waals surface area (Å²) in [5, 5.41) is 2.84. The maximum atomic E-state index is 12.8. The van der Waals surface area contributed by atoms with Crippen molar-refractivity contribution in [3.05, 3.63) is 53.3 Å². The number of imidazole rings is 1. The smallest absolute Gasteiger partial charge is 0.295 e. The molecule has 0 saturated carbocycles. The topological polar surface area (TPSA) is 76.2 Å². The largest absolute Gasteiger partial charge is 0.489 e. The number of H-pyrrole nitrogens is 1. The molecule has 0 aliphatic carbocycles. The summed E-state index contributed by atoms with van der Waals surface area (Å²) in [6, 6.07) is 10.1. The van der Waals surface area contributed by atoms with Gasteiger partial charge in [0.15, 0.2) is 5.82 Å². The Bertz CT molecular complexity index is 1030. The number of carbonyl (C=O) groups is 1. The molecule has 1 aromatic heterocycles. The molecule has 2 heterocycles. The van der Waals surface area contributed by atoms with E-state index in [4.69, 9.17) is 9.47 Å². The van der Waals surface area contributed by atoms with E-state index in [0.717, 1.165) is 25.0 Å². The Balaban J connectivity index is 1.52. The summed E-state index contributed by atoms with van der Waals surface area (Å²) in [6.45, 7) is 3.11. The van der Waals surface area contributed by atoms with Gasteiger partial charge < -0.3 is 19.8 Å². The van der Waals surface area contributed by atoms with Gasteiger partial charge in [0, 0.05) is 12.2 Å². The number of fused-ring (bicyclic) bond motifs is 1. The zero-order valence-corrected chi connectivity index (χ0v) is 15.9. The Morgan fingerprint density at radius 2 is 2.21 bits per heavy atom. The number of alkyl halides is 2. The van der Waals surface area contributed by atoms with E-state index in [2.05, 4.69) is 15.3 Å². The molecule has 4 rings (SSSR count). The first-order chi connectivity index (χ1) is 14.0. The molecule has 3 aromatic rings. The van der Waals surface area contributed by atoms with Crippen LogP contribution >= 0.6 is 0 Å². The minimum Gasteiger partial charge on any atom is -0.489 e. The lowest BCUT2D eigenvalue weighted by Crippen LogP contribution is -2.18. The maximum Gasteiger partial charge on any atom is 0.295 e. The Hall–Kier alpha value is -3.00. The van der Waals surface area contributed by atoms with E-state index in [1.807, 2.05) is 19.1 Å². The van der Waals surface area contributed by atoms with Gasteiger partial charge in [-0.15, -0.1) is 0 Å². The molecule has 0 radical (unpaired) electrons. The van der Waals surface area contributed by atoms with Crippen LogP contribution in [0.4, 0.5) is 14.5 Å². The Morgan fingerprint density at radius 3 is 2.97 bits per heavy atom. The van der Waals surface area contributed by atoms with Gasteiger partial charge in [0.1, 0.15) is 12.4 Å². The molecule has 1 aliphatic rings. The minimum absolute atomic E-state index is 0.0610. The third kappa shape index (κ3) is 4.37. The Kier molecular flexibility index (Phi) is 5.44. The standard InChI is InChI=1S/C21H21F2N3O3/c1-12-4-6-16(18(9-12)29-11-14-3-2-8-28-14)26-21(27)13-5-7-15-17(10-13)25-20(24-15)19(22)23/h4-7,9-10,14,19H,2-3,8,11H2,1H3,(H,24,25)(H,26,27). The number of anilines is 1. The van der Waals surface area contributed by atoms with Gasteiger partial charge >= 0.3 is 0 Å². The van der Waals surface area contributed by atoms with Crippen molar-refractivity contribution < 1.29 is 23.0 Å². The number of aromatic nitrogens is 2. The molecule has 1 aliphatic heterocycles. The number of halogens is 2. The average Bonchev–Trinajstić information content (AvgIpc) is 3.37. The van der Waals surface area contributed by atoms with Crippen LogP contribution < -0.4 is 10.1 Å². The van der Waals surface area contributed by atoms with Crippen LogP contribution in [-0.2, 0) is 4.74 Å². The molecule has 0 spiro atoms. The number of benzene rings is 2. The van der Waals surface area contributed by atoms with Gasteiger partial charge in [-0.2, -0.15) is 0 Å². The number of nitrogens with zero attached hydrogens (tertiary/aromatic N) is 1. The number of hydrogen-bond acceptors (Lipinski definition) is 4. The monoisotopic (exact) mass is 401 g/mol. The molecule has 6 nitrogen and oxygen atoms in total. The molecule has 8 heteroatoms. The Labute approximate surface area is 166 Å². The third-order valence-corrected chi connectivity index (χ3v) is 4.80. The van der Waals surface area contributed by atoms with Crippen LogP contribution in [0.25, 0.3) is 11.0 Å². The summed E-state index contributed by atoms with van der Waals surface area (Å²) in [7, 11) is 0. The van der Waals surface area contributed by atoms with Crippen molar-refractivity contribution in [2.75, 3.05) is 18.5 Å². The number of aromatic amines is 1. The summed E-state index contributed by atoms with van der Waals surface area (Å²) in [6.07, 6.45) is -0.658. The second kappa shape index (κ2) is 8.16. The van der Waals surface area contributed by atoms with E-state index >= 15 is 0 Å². The molecule has 1 amide bonds. The van der Waals surface area contributed by atoms with Crippen molar-refractivity contribution in [2.45, 2.75) is 32.3 Å². The molecule has 1 unspecified atom stereocenters. The minimum atomic E-state index is -2.70. The second-order valence-electron chi connectivity index (χ2n) is 7.05. The molecular formula is C21H21F2N3O3. The first-order valence-corrected chi connectivity index (χ1v) is 9.44. The van der Waals surface area contributed by atoms with E-state index in [9.17, 15) is 13.6 Å². The summed E-state index contributed by atoms with van der Waals surface area (Å²) in [5.74, 6) is -0.219. The highest BCUT2D eigenvalue weighted by Gasteiger charge is 2.18. The third-order valence-electron chi connectivity index (χ3n) is 4.80. The maximum absolute atomic E-state index is 12.8. The zero-order valence-electron chi connectivity index (χ0n) is 15.9. The number of rotatable bonds is 6. The van der Waals surface area contributed by atoms with Gasteiger partial charge in [-0.1, -0.05) is 6.07 Å². The van der Waals surface area contributed by atoms with Crippen LogP contribution in [0.15, 0.2) is 36.4 Å². The van der Waals surface area contributed by atoms with E-state index in [1.165, 1.54) is 12.1 Å². The van der Waals surface area contributed by atoms with Gasteiger partial charge in [0.25, 0.3) is 12.3 Å². The van der Waals surface area contributed by atoms with Crippen LogP contribution in [0, 0.1) is 6.92 Å². The van der Waals surface area contributed by atoms with Crippen molar-refractivity contribution in [3.8, 4) is 5.75 Å². The fraction of sp³-hybridized carbons (Fsp3) is 0.333. The molecule has 2 N–H and O–H groups in total. The van der Waals surface area contributed by atoms with E-state index in [-0.39, 0.29) is 12.0 Å². The molecule has 0 bridgehead atoms. The van der Waals surface area contributed by atoms with Gasteiger partial charge in [0.05, 0.1) is 22.8 Å². The van der Waals surface area contributed by atoms with Crippen LogP contribution in [0.3, 0.4) is 0 Å². The molecule has 2 aromatic carbocycles. The molecule has 29 heavy (non-hydrogen) atoms. The van der Waals surface area contributed by atoms with E-state index in [1.54, 1.807) is 12.1 Å². The first-order valence-electron chi connectivity index (χ1n) is 9.44. The van der Waals surface area contributed by atoms with Crippen molar-refractivity contribution in [1.29, 1.82) is 0 Å². The van der Waals surface area contributed by atoms with Crippen molar-refractivity contribution >= 4 is 22.6 Å². The number of amides is 1. The number of aryl methyl sites for hydroxylation is 1. The summed E-state index contributed by atoms with van der Waals surface area (Å²) in [5.41, 5.74) is 2.63. The molecule has 152 valence electrons. The molecule has 1 atom stereocenters. The Morgan fingerprint density at radius 1 is 1.34 bits per heavy atom. The van der Waals surface area contributed by atoms with Crippen LogP contribution in [0.1, 0.15) is 41.0 Å². The van der Waals surface area contributed by atoms with Crippen LogP contribution in [0.2, 0.25) is 0 Å². The lowest BCUT2D eigenvalue weighted by Gasteiger charge is -2.16. The van der Waals surface area contributed by atoms with Gasteiger partial charge in [-0.25, -0.2) is 13.8 Å². The quantitative estimate of drug-likeness (QED) is 0.632. The lowest BCUT2D eigenvalue weighted by molar-refractivity contribution is 0.0681. The average molecular weight is 401 g/mol. The normalized spacial score (nSPS) is 16.5. The van der Waals surface area contributed by atoms with Crippen molar-refractivity contribution in [1.82, 2.24) is 9.97 Å². The number of hydrogen-bond donors (Lipinski definition) is 2. The highest BCUT2D eigenvalue weighted by molar-refractivity contribution is 6.06. The number of nitrogens with one attached hydrogen (secondary N) is 2. The molecule has 1 fully saturated rings. The van der Waals surface area contributed by atoms with Gasteiger partial charge in [-0.3, -0.25) is 4.79 Å². The van der Waals surface area contributed by atoms with Crippen LogP contribution in [0.5, 0.6) is 5.75 Å². The van der Waals surface area contributed by atoms with Crippen molar-refractivity contribution in [3.63, 3.8) is 0 Å². The summed E-state index contributed by atoms with van der Waals surface area (Å²) < 4.78 is 37.1. The fourth-order valence-electron chi connectivity index (χ4n) is 3.28. The van der Waals surface area contributed by atoms with Gasteiger partial charge in [-0.05, 0) is 55.7 Å². The SMILES string of the molecule is Cc1ccc(NC(=O)c2ccc3nc(C(F)F)[nH]c3c2)c(OCC2CCCO2)c1. The fourth-order valence-corrected chi connectivity index (χ4v) is 3.28. The summed E-state index contributed by atoms with van der Waals surface area (Å²) >= 11 is 0. The van der Waals surface area contributed by atoms with E-state index < -0.39 is 12.2 Å². The van der Waals surface area contributed by atoms with E-state index in [0.29, 0.717) is 34.6 Å². The van der Waals surface area contributed by atoms with Gasteiger partial charge in [0.2, 0.25) is 0 Å². The highest BCUT2D eigenvalue weighted by Crippen LogP contribution is 2.28. The number of ether oxygens (including phenoxy) is 2. The lowest BCUT2D eigenvalue weighted by atomic mass is 10.1. The van der Waals surface area contributed by atoms with Crippen molar-refractivity contribution in [2.24, 2.45) is 0 Å². The predicted octanol–water partition coefficient (Wildman–Crippen LogP) is 4.62. The molecule has 1 saturated heterocycles. The second-order valence-corrected chi connectivity index (χ2v) is 7.05. The first kappa shape index (κ1) is 19.3. The predicted molar refractivity (Wildman–Crippen MR) is 105 cm³/mol.